The number of hydrogen-bond acceptors (Lipinski definition) is 5. The fraction of sp³-hybridized carbons (Fsp3) is 0.200. The van der Waals surface area contributed by atoms with Gasteiger partial charge in [0.1, 0.15) is 12.0 Å². The highest BCUT2D eigenvalue weighted by Crippen LogP contribution is 2.28. The highest BCUT2D eigenvalue weighted by molar-refractivity contribution is 5.79. The number of rotatable bonds is 6. The molecule has 0 atom stereocenters. The summed E-state index contributed by atoms with van der Waals surface area (Å²) in [4.78, 5) is 27.4. The molecule has 0 amide bonds. The summed E-state index contributed by atoms with van der Waals surface area (Å²) < 4.78 is 0. The van der Waals surface area contributed by atoms with Gasteiger partial charge in [0.2, 0.25) is 0 Å². The molecule has 21 heavy (non-hydrogen) atoms. The number of nitro benzene ring substituents is 1. The molecular weight excluding hydrogens is 270 g/mol. The van der Waals surface area contributed by atoms with E-state index in [0.29, 0.717) is 30.5 Å². The number of nitrogens with zero attached hydrogens (tertiary/aromatic N) is 3. The van der Waals surface area contributed by atoms with Crippen LogP contribution in [0.1, 0.15) is 16.1 Å². The average Bonchev–Trinajstić information content (AvgIpc) is 2.52. The van der Waals surface area contributed by atoms with Crippen LogP contribution in [0.4, 0.5) is 11.4 Å². The third-order valence-corrected chi connectivity index (χ3v) is 3.17. The van der Waals surface area contributed by atoms with Gasteiger partial charge in [-0.15, -0.1) is 0 Å². The number of nitro groups is 1. The minimum atomic E-state index is -0.473. The van der Waals surface area contributed by atoms with E-state index < -0.39 is 4.92 Å². The van der Waals surface area contributed by atoms with Crippen LogP contribution in [0.3, 0.4) is 0 Å². The zero-order valence-corrected chi connectivity index (χ0v) is 11.6. The second kappa shape index (κ2) is 6.60. The van der Waals surface area contributed by atoms with Crippen molar-refractivity contribution < 1.29 is 9.72 Å². The van der Waals surface area contributed by atoms with Crippen LogP contribution in [0.25, 0.3) is 0 Å². The predicted molar refractivity (Wildman–Crippen MR) is 79.7 cm³/mol. The quantitative estimate of drug-likeness (QED) is 0.463. The molecule has 0 saturated heterocycles. The predicted octanol–water partition coefficient (Wildman–Crippen LogP) is 2.48. The Bertz CT molecular complexity index is 644. The van der Waals surface area contributed by atoms with Crippen molar-refractivity contribution in [3.05, 3.63) is 64.0 Å². The Kier molecular flexibility index (Phi) is 4.61. The Labute approximate surface area is 122 Å². The monoisotopic (exact) mass is 285 g/mol. The standard InChI is InChI=1S/C15H15N3O3/c1-17(9-7-13-4-2-3-8-16-13)14-6-5-12(11-19)10-15(14)18(20)21/h2-6,8,10-11H,7,9H2,1H3. The van der Waals surface area contributed by atoms with E-state index in [4.69, 9.17) is 0 Å². The molecule has 1 aromatic carbocycles. The van der Waals surface area contributed by atoms with Crippen molar-refractivity contribution in [2.45, 2.75) is 6.42 Å². The van der Waals surface area contributed by atoms with Crippen LogP contribution < -0.4 is 4.90 Å². The smallest absolute Gasteiger partial charge is 0.293 e. The molecule has 0 bridgehead atoms. The van der Waals surface area contributed by atoms with Gasteiger partial charge in [-0.1, -0.05) is 6.07 Å². The van der Waals surface area contributed by atoms with Gasteiger partial charge in [-0.05, 0) is 24.3 Å². The van der Waals surface area contributed by atoms with Gasteiger partial charge in [-0.2, -0.15) is 0 Å². The summed E-state index contributed by atoms with van der Waals surface area (Å²) in [7, 11) is 1.78. The normalized spacial score (nSPS) is 10.1. The molecule has 6 nitrogen and oxygen atoms in total. The fourth-order valence-electron chi connectivity index (χ4n) is 2.03. The first kappa shape index (κ1) is 14.6. The SMILES string of the molecule is CN(CCc1ccccn1)c1ccc(C=O)cc1[N+](=O)[O-]. The van der Waals surface area contributed by atoms with Crippen LogP contribution in [0.5, 0.6) is 0 Å². The van der Waals surface area contributed by atoms with Crippen LogP contribution in [-0.2, 0) is 6.42 Å². The van der Waals surface area contributed by atoms with Gasteiger partial charge >= 0.3 is 0 Å². The molecule has 0 unspecified atom stereocenters. The molecule has 0 aliphatic carbocycles. The van der Waals surface area contributed by atoms with Gasteiger partial charge in [0.25, 0.3) is 5.69 Å². The number of benzene rings is 1. The summed E-state index contributed by atoms with van der Waals surface area (Å²) in [5.74, 6) is 0. The molecule has 1 heterocycles. The molecule has 0 aliphatic heterocycles. The minimum absolute atomic E-state index is 0.0666. The van der Waals surface area contributed by atoms with Gasteiger partial charge in [0, 0.05) is 43.5 Å². The van der Waals surface area contributed by atoms with Crippen LogP contribution >= 0.6 is 0 Å². The van der Waals surface area contributed by atoms with Crippen molar-refractivity contribution in [3.8, 4) is 0 Å². The molecule has 2 aromatic rings. The second-order valence-corrected chi connectivity index (χ2v) is 4.62. The van der Waals surface area contributed by atoms with E-state index in [1.165, 1.54) is 6.07 Å². The molecule has 0 fully saturated rings. The molecule has 0 spiro atoms. The molecule has 0 aliphatic rings. The van der Waals surface area contributed by atoms with E-state index in [1.807, 2.05) is 18.2 Å². The van der Waals surface area contributed by atoms with E-state index in [-0.39, 0.29) is 5.69 Å². The lowest BCUT2D eigenvalue weighted by Crippen LogP contribution is -2.21. The molecule has 6 heteroatoms. The Morgan fingerprint density at radius 1 is 1.33 bits per heavy atom. The first-order valence-corrected chi connectivity index (χ1v) is 6.46. The topological polar surface area (TPSA) is 76.3 Å². The van der Waals surface area contributed by atoms with E-state index in [2.05, 4.69) is 4.98 Å². The van der Waals surface area contributed by atoms with E-state index in [0.717, 1.165) is 5.69 Å². The maximum atomic E-state index is 11.1. The maximum absolute atomic E-state index is 11.1. The largest absolute Gasteiger partial charge is 0.369 e. The van der Waals surface area contributed by atoms with Gasteiger partial charge in [0.05, 0.1) is 4.92 Å². The van der Waals surface area contributed by atoms with Gasteiger partial charge in [-0.25, -0.2) is 0 Å². The molecule has 0 saturated carbocycles. The number of hydrogen-bond donors (Lipinski definition) is 0. The van der Waals surface area contributed by atoms with Crippen LogP contribution in [0.15, 0.2) is 42.6 Å². The van der Waals surface area contributed by atoms with Crippen molar-refractivity contribution in [1.82, 2.24) is 4.98 Å². The van der Waals surface area contributed by atoms with Gasteiger partial charge in [-0.3, -0.25) is 19.9 Å². The van der Waals surface area contributed by atoms with E-state index in [9.17, 15) is 14.9 Å². The number of carbonyl (C=O) groups is 1. The number of anilines is 1. The summed E-state index contributed by atoms with van der Waals surface area (Å²) in [5.41, 5.74) is 1.64. The molecule has 1 aromatic heterocycles. The fourth-order valence-corrected chi connectivity index (χ4v) is 2.03. The average molecular weight is 285 g/mol. The van der Waals surface area contributed by atoms with Crippen LogP contribution in [0.2, 0.25) is 0 Å². The Morgan fingerprint density at radius 2 is 2.14 bits per heavy atom. The zero-order valence-electron chi connectivity index (χ0n) is 11.6. The van der Waals surface area contributed by atoms with Gasteiger partial charge < -0.3 is 4.90 Å². The van der Waals surface area contributed by atoms with E-state index >= 15 is 0 Å². The first-order valence-electron chi connectivity index (χ1n) is 6.46. The van der Waals surface area contributed by atoms with Crippen molar-refractivity contribution >= 4 is 17.7 Å². The summed E-state index contributed by atoms with van der Waals surface area (Å²) in [5, 5.41) is 11.1. The molecule has 0 radical (unpaired) electrons. The van der Waals surface area contributed by atoms with Crippen molar-refractivity contribution in [2.24, 2.45) is 0 Å². The molecule has 0 N–H and O–H groups in total. The third-order valence-electron chi connectivity index (χ3n) is 3.17. The van der Waals surface area contributed by atoms with Gasteiger partial charge in [0.15, 0.2) is 0 Å². The summed E-state index contributed by atoms with van der Waals surface area (Å²) in [6, 6.07) is 10.1. The molecular formula is C15H15N3O3. The highest BCUT2D eigenvalue weighted by Gasteiger charge is 2.17. The lowest BCUT2D eigenvalue weighted by Gasteiger charge is -2.19. The number of pyridine rings is 1. The van der Waals surface area contributed by atoms with Crippen molar-refractivity contribution in [1.29, 1.82) is 0 Å². The second-order valence-electron chi connectivity index (χ2n) is 4.62. The third kappa shape index (κ3) is 3.62. The van der Waals surface area contributed by atoms with Crippen molar-refractivity contribution in [3.63, 3.8) is 0 Å². The zero-order chi connectivity index (χ0) is 15.2. The lowest BCUT2D eigenvalue weighted by atomic mass is 10.1. The van der Waals surface area contributed by atoms with Crippen LogP contribution in [0, 0.1) is 10.1 Å². The Morgan fingerprint density at radius 3 is 2.76 bits per heavy atom. The minimum Gasteiger partial charge on any atom is -0.369 e. The molecule has 108 valence electrons. The molecule has 2 rings (SSSR count). The summed E-state index contributed by atoms with van der Waals surface area (Å²) >= 11 is 0. The Hall–Kier alpha value is -2.76. The van der Waals surface area contributed by atoms with E-state index in [1.54, 1.807) is 30.3 Å². The summed E-state index contributed by atoms with van der Waals surface area (Å²) in [6.07, 6.45) is 3.01. The van der Waals surface area contributed by atoms with Crippen molar-refractivity contribution in [2.75, 3.05) is 18.5 Å². The first-order chi connectivity index (χ1) is 10.1. The number of aromatic nitrogens is 1. The number of carbonyl (C=O) groups excluding carboxylic acids is 1. The van der Waals surface area contributed by atoms with Crippen LogP contribution in [-0.4, -0.2) is 29.8 Å². The maximum Gasteiger partial charge on any atom is 0.293 e. The number of aldehydes is 1. The Balaban J connectivity index is 2.16. The lowest BCUT2D eigenvalue weighted by molar-refractivity contribution is -0.384. The number of likely N-dealkylation sites (N-methyl/N-ethyl adjacent to an activating group) is 1. The summed E-state index contributed by atoms with van der Waals surface area (Å²) in [6.45, 7) is 0.596. The highest BCUT2D eigenvalue weighted by atomic mass is 16.6.